The molecule has 0 spiro atoms. The monoisotopic (exact) mass is 306 g/mol. The van der Waals surface area contributed by atoms with Crippen LogP contribution in [0.1, 0.15) is 25.3 Å². The summed E-state index contributed by atoms with van der Waals surface area (Å²) in [6, 6.07) is 7.84. The maximum absolute atomic E-state index is 12.0. The largest absolute Gasteiger partial charge is 0.483 e. The molecule has 2 rings (SSSR count). The third-order valence-corrected chi connectivity index (χ3v) is 3.73. The molecule has 0 bridgehead atoms. The second-order valence-electron chi connectivity index (χ2n) is 5.36. The summed E-state index contributed by atoms with van der Waals surface area (Å²) in [7, 11) is 0. The van der Waals surface area contributed by atoms with Crippen LogP contribution >= 0.6 is 0 Å². The van der Waals surface area contributed by atoms with Crippen LogP contribution in [0.4, 0.5) is 0 Å². The molecule has 1 aliphatic rings. The molecular weight excluding hydrogens is 280 g/mol. The molecule has 0 aliphatic carbocycles. The minimum atomic E-state index is 0.0802. The molecule has 1 fully saturated rings. The first-order chi connectivity index (χ1) is 10.8. The highest BCUT2D eigenvalue weighted by Crippen LogP contribution is 2.18. The van der Waals surface area contributed by atoms with Gasteiger partial charge in [-0.3, -0.25) is 4.79 Å². The van der Waals surface area contributed by atoms with Crippen molar-refractivity contribution in [3.63, 3.8) is 0 Å². The number of carbonyl (C=O) groups excluding carboxylic acids is 1. The molecule has 1 aliphatic heterocycles. The summed E-state index contributed by atoms with van der Waals surface area (Å²) < 4.78 is 11.0. The molecule has 0 atom stereocenters. The average Bonchev–Trinajstić information content (AvgIpc) is 3.08. The van der Waals surface area contributed by atoms with Crippen molar-refractivity contribution in [2.24, 2.45) is 0 Å². The fourth-order valence-electron chi connectivity index (χ4n) is 2.50. The van der Waals surface area contributed by atoms with Gasteiger partial charge in [-0.15, -0.1) is 0 Å². The lowest BCUT2D eigenvalue weighted by Crippen LogP contribution is -2.32. The van der Waals surface area contributed by atoms with Crippen molar-refractivity contribution < 1.29 is 14.3 Å². The lowest BCUT2D eigenvalue weighted by Gasteiger charge is -2.17. The van der Waals surface area contributed by atoms with Crippen LogP contribution in [0.5, 0.6) is 5.75 Å². The van der Waals surface area contributed by atoms with Gasteiger partial charge in [-0.25, -0.2) is 0 Å². The predicted molar refractivity (Wildman–Crippen MR) is 86.0 cm³/mol. The zero-order valence-corrected chi connectivity index (χ0v) is 13.3. The van der Waals surface area contributed by atoms with E-state index in [1.54, 1.807) is 0 Å². The van der Waals surface area contributed by atoms with E-state index in [9.17, 15) is 4.79 Å². The quantitative estimate of drug-likeness (QED) is 0.707. The normalized spacial score (nSPS) is 14.3. The summed E-state index contributed by atoms with van der Waals surface area (Å²) in [4.78, 5) is 13.9. The van der Waals surface area contributed by atoms with E-state index >= 15 is 0 Å². The first kappa shape index (κ1) is 16.8. The molecule has 1 aromatic carbocycles. The standard InChI is InChI=1S/C17H26N2O3/c1-2-21-12-9-18-13-15-7-3-4-8-16(15)22-14-17(20)19-10-5-6-11-19/h3-4,7-8,18H,2,5-6,9-14H2,1H3. The first-order valence-electron chi connectivity index (χ1n) is 8.08. The minimum Gasteiger partial charge on any atom is -0.483 e. The lowest BCUT2D eigenvalue weighted by molar-refractivity contribution is -0.132. The Morgan fingerprint density at radius 3 is 2.82 bits per heavy atom. The minimum absolute atomic E-state index is 0.0802. The smallest absolute Gasteiger partial charge is 0.260 e. The number of likely N-dealkylation sites (tertiary alicyclic amines) is 1. The number of para-hydroxylation sites is 1. The van der Waals surface area contributed by atoms with Crippen molar-refractivity contribution >= 4 is 5.91 Å². The number of rotatable bonds is 9. The van der Waals surface area contributed by atoms with E-state index < -0.39 is 0 Å². The molecule has 0 aromatic heterocycles. The van der Waals surface area contributed by atoms with Crippen molar-refractivity contribution in [2.75, 3.05) is 39.5 Å². The number of carbonyl (C=O) groups is 1. The summed E-state index contributed by atoms with van der Waals surface area (Å²) in [5, 5.41) is 3.32. The van der Waals surface area contributed by atoms with Crippen LogP contribution in [0.3, 0.4) is 0 Å². The fourth-order valence-corrected chi connectivity index (χ4v) is 2.50. The van der Waals surface area contributed by atoms with E-state index in [0.717, 1.165) is 50.4 Å². The van der Waals surface area contributed by atoms with Gasteiger partial charge in [0.05, 0.1) is 6.61 Å². The molecular formula is C17H26N2O3. The molecule has 5 heteroatoms. The van der Waals surface area contributed by atoms with Crippen LogP contribution in [0.2, 0.25) is 0 Å². The highest BCUT2D eigenvalue weighted by atomic mass is 16.5. The van der Waals surface area contributed by atoms with Crippen LogP contribution in [-0.4, -0.2) is 50.3 Å². The van der Waals surface area contributed by atoms with Gasteiger partial charge in [-0.05, 0) is 25.8 Å². The average molecular weight is 306 g/mol. The highest BCUT2D eigenvalue weighted by Gasteiger charge is 2.18. The highest BCUT2D eigenvalue weighted by molar-refractivity contribution is 5.78. The van der Waals surface area contributed by atoms with Crippen molar-refractivity contribution in [2.45, 2.75) is 26.3 Å². The third kappa shape index (κ3) is 5.31. The van der Waals surface area contributed by atoms with Gasteiger partial charge in [0.2, 0.25) is 0 Å². The Balaban J connectivity index is 1.78. The zero-order valence-electron chi connectivity index (χ0n) is 13.3. The van der Waals surface area contributed by atoms with E-state index in [1.165, 1.54) is 0 Å². The fraction of sp³-hybridized carbons (Fsp3) is 0.588. The van der Waals surface area contributed by atoms with Gasteiger partial charge < -0.3 is 19.7 Å². The van der Waals surface area contributed by atoms with Crippen molar-refractivity contribution in [3.8, 4) is 5.75 Å². The summed E-state index contributed by atoms with van der Waals surface area (Å²) >= 11 is 0. The zero-order chi connectivity index (χ0) is 15.6. The summed E-state index contributed by atoms with van der Waals surface area (Å²) in [6.07, 6.45) is 2.21. The second kappa shape index (κ2) is 9.43. The number of nitrogens with zero attached hydrogens (tertiary/aromatic N) is 1. The number of benzene rings is 1. The number of amides is 1. The van der Waals surface area contributed by atoms with Gasteiger partial charge in [-0.2, -0.15) is 0 Å². The molecule has 0 saturated carbocycles. The van der Waals surface area contributed by atoms with Crippen LogP contribution in [-0.2, 0) is 16.1 Å². The Hall–Kier alpha value is -1.59. The molecule has 122 valence electrons. The summed E-state index contributed by atoms with van der Waals surface area (Å²) in [5.74, 6) is 0.857. The van der Waals surface area contributed by atoms with Gasteiger partial charge in [0.25, 0.3) is 5.91 Å². The molecule has 1 aromatic rings. The SMILES string of the molecule is CCOCCNCc1ccccc1OCC(=O)N1CCCC1. The van der Waals surface area contributed by atoms with E-state index in [1.807, 2.05) is 36.1 Å². The Kier molecular flexibility index (Phi) is 7.19. The van der Waals surface area contributed by atoms with E-state index in [-0.39, 0.29) is 12.5 Å². The van der Waals surface area contributed by atoms with E-state index in [2.05, 4.69) is 5.32 Å². The number of hydrogen-bond donors (Lipinski definition) is 1. The van der Waals surface area contributed by atoms with Gasteiger partial charge in [0.15, 0.2) is 6.61 Å². The van der Waals surface area contributed by atoms with Crippen LogP contribution in [0.25, 0.3) is 0 Å². The van der Waals surface area contributed by atoms with E-state index in [0.29, 0.717) is 13.2 Å². The number of nitrogens with one attached hydrogen (secondary N) is 1. The Labute approximate surface area is 132 Å². The first-order valence-corrected chi connectivity index (χ1v) is 8.08. The Bertz CT molecular complexity index is 459. The maximum Gasteiger partial charge on any atom is 0.260 e. The van der Waals surface area contributed by atoms with Crippen LogP contribution in [0, 0.1) is 0 Å². The Morgan fingerprint density at radius 2 is 2.05 bits per heavy atom. The summed E-state index contributed by atoms with van der Waals surface area (Å²) in [6.45, 7) is 6.78. The molecule has 0 unspecified atom stereocenters. The molecule has 5 nitrogen and oxygen atoms in total. The molecule has 1 N–H and O–H groups in total. The second-order valence-corrected chi connectivity index (χ2v) is 5.36. The summed E-state index contributed by atoms with van der Waals surface area (Å²) in [5.41, 5.74) is 1.06. The van der Waals surface area contributed by atoms with Gasteiger partial charge in [-0.1, -0.05) is 18.2 Å². The third-order valence-electron chi connectivity index (χ3n) is 3.73. The van der Waals surface area contributed by atoms with Gasteiger partial charge in [0, 0.05) is 38.3 Å². The molecule has 1 heterocycles. The van der Waals surface area contributed by atoms with Crippen molar-refractivity contribution in [1.29, 1.82) is 0 Å². The number of ether oxygens (including phenoxy) is 2. The van der Waals surface area contributed by atoms with Crippen molar-refractivity contribution in [3.05, 3.63) is 29.8 Å². The molecule has 22 heavy (non-hydrogen) atoms. The molecule has 1 saturated heterocycles. The molecule has 0 radical (unpaired) electrons. The van der Waals surface area contributed by atoms with E-state index in [4.69, 9.17) is 9.47 Å². The maximum atomic E-state index is 12.0. The van der Waals surface area contributed by atoms with Crippen LogP contribution in [0.15, 0.2) is 24.3 Å². The van der Waals surface area contributed by atoms with Crippen molar-refractivity contribution in [1.82, 2.24) is 10.2 Å². The topological polar surface area (TPSA) is 50.8 Å². The molecule has 1 amide bonds. The lowest BCUT2D eigenvalue weighted by atomic mass is 10.2. The van der Waals surface area contributed by atoms with Gasteiger partial charge >= 0.3 is 0 Å². The Morgan fingerprint density at radius 1 is 1.27 bits per heavy atom. The number of hydrogen-bond acceptors (Lipinski definition) is 4. The predicted octanol–water partition coefficient (Wildman–Crippen LogP) is 1.81. The van der Waals surface area contributed by atoms with Gasteiger partial charge in [0.1, 0.15) is 5.75 Å². The van der Waals surface area contributed by atoms with Crippen LogP contribution < -0.4 is 10.1 Å².